The molecular weight excluding hydrogens is 454 g/mol. The number of fused-ring (bicyclic) bond motifs is 1. The number of hydrogen-bond donors (Lipinski definition) is 0. The molecule has 0 bridgehead atoms. The maximum absolute atomic E-state index is 13.3. The van der Waals surface area contributed by atoms with Crippen LogP contribution in [0, 0.1) is 0 Å². The van der Waals surface area contributed by atoms with Crippen molar-refractivity contribution in [2.24, 2.45) is 0 Å². The SMILES string of the molecule is CC(=O)N1CCN(c2nc3c(c(N(C)c4ccc(-c5ccccc5)nc4)n2)CN(C(C)C)C3=O)CC1. The standard InChI is InChI=1S/C27H31N7O2/c1-18(2)34-17-22-24(26(34)36)29-27(33-14-12-32(13-15-33)19(3)35)30-25(22)31(4)21-10-11-23(28-16-21)20-8-6-5-7-9-20/h5-11,16,18H,12-15,17H2,1-4H3. The maximum Gasteiger partial charge on any atom is 0.273 e. The number of carbonyl (C=O) groups is 2. The van der Waals surface area contributed by atoms with Crippen LogP contribution in [0.4, 0.5) is 17.5 Å². The summed E-state index contributed by atoms with van der Waals surface area (Å²) in [6, 6.07) is 14.1. The van der Waals surface area contributed by atoms with Crippen molar-refractivity contribution in [3.8, 4) is 11.3 Å². The molecule has 9 nitrogen and oxygen atoms in total. The van der Waals surface area contributed by atoms with Crippen molar-refractivity contribution < 1.29 is 9.59 Å². The minimum Gasteiger partial charge on any atom is -0.339 e. The number of benzene rings is 1. The lowest BCUT2D eigenvalue weighted by Gasteiger charge is -2.34. The van der Waals surface area contributed by atoms with E-state index in [0.717, 1.165) is 22.5 Å². The number of pyridine rings is 1. The Kier molecular flexibility index (Phi) is 6.30. The molecule has 186 valence electrons. The van der Waals surface area contributed by atoms with Crippen LogP contribution in [-0.4, -0.2) is 75.8 Å². The predicted octanol–water partition coefficient (Wildman–Crippen LogP) is 3.34. The fourth-order valence-corrected chi connectivity index (χ4v) is 4.70. The van der Waals surface area contributed by atoms with Crippen molar-refractivity contribution in [2.75, 3.05) is 43.0 Å². The highest BCUT2D eigenvalue weighted by Gasteiger charge is 2.36. The normalized spacial score (nSPS) is 15.5. The summed E-state index contributed by atoms with van der Waals surface area (Å²) in [6.07, 6.45) is 1.83. The molecule has 5 rings (SSSR count). The first kappa shape index (κ1) is 23.7. The quantitative estimate of drug-likeness (QED) is 0.548. The fraction of sp³-hybridized carbons (Fsp3) is 0.370. The number of nitrogens with zero attached hydrogens (tertiary/aromatic N) is 7. The molecule has 0 radical (unpaired) electrons. The second-order valence-electron chi connectivity index (χ2n) is 9.52. The third kappa shape index (κ3) is 4.36. The molecule has 2 aliphatic heterocycles. The minimum absolute atomic E-state index is 0.0549. The van der Waals surface area contributed by atoms with Gasteiger partial charge < -0.3 is 19.6 Å². The number of piperazine rings is 1. The Balaban J connectivity index is 1.50. The van der Waals surface area contributed by atoms with Crippen LogP contribution in [0.15, 0.2) is 48.7 Å². The van der Waals surface area contributed by atoms with Crippen LogP contribution in [0.5, 0.6) is 0 Å². The van der Waals surface area contributed by atoms with E-state index in [2.05, 4.69) is 9.88 Å². The van der Waals surface area contributed by atoms with Crippen LogP contribution in [0.2, 0.25) is 0 Å². The summed E-state index contributed by atoms with van der Waals surface area (Å²) in [5.74, 6) is 1.22. The molecule has 0 saturated carbocycles. The Morgan fingerprint density at radius 1 is 1.00 bits per heavy atom. The van der Waals surface area contributed by atoms with E-state index in [1.165, 1.54) is 0 Å². The van der Waals surface area contributed by atoms with Gasteiger partial charge in [0.15, 0.2) is 0 Å². The molecule has 1 saturated heterocycles. The second kappa shape index (κ2) is 9.56. The molecule has 1 aromatic carbocycles. The lowest BCUT2D eigenvalue weighted by Crippen LogP contribution is -2.48. The number of rotatable bonds is 5. The summed E-state index contributed by atoms with van der Waals surface area (Å²) in [7, 11) is 1.95. The van der Waals surface area contributed by atoms with Crippen LogP contribution in [-0.2, 0) is 11.3 Å². The second-order valence-corrected chi connectivity index (χ2v) is 9.52. The summed E-state index contributed by atoms with van der Waals surface area (Å²) < 4.78 is 0. The average molecular weight is 486 g/mol. The summed E-state index contributed by atoms with van der Waals surface area (Å²) in [6.45, 7) is 8.54. The summed E-state index contributed by atoms with van der Waals surface area (Å²) >= 11 is 0. The van der Waals surface area contributed by atoms with Gasteiger partial charge in [-0.3, -0.25) is 14.6 Å². The Morgan fingerprint density at radius 2 is 1.72 bits per heavy atom. The highest BCUT2D eigenvalue weighted by Crippen LogP contribution is 2.35. The van der Waals surface area contributed by atoms with Crippen LogP contribution >= 0.6 is 0 Å². The summed E-state index contributed by atoms with van der Waals surface area (Å²) in [4.78, 5) is 47.1. The highest BCUT2D eigenvalue weighted by atomic mass is 16.2. The minimum atomic E-state index is -0.0711. The molecule has 0 atom stereocenters. The van der Waals surface area contributed by atoms with Gasteiger partial charge in [-0.25, -0.2) is 4.98 Å². The highest BCUT2D eigenvalue weighted by molar-refractivity contribution is 5.98. The molecule has 36 heavy (non-hydrogen) atoms. The Morgan fingerprint density at radius 3 is 2.33 bits per heavy atom. The Hall–Kier alpha value is -4.01. The molecular formula is C27H31N7O2. The number of anilines is 3. The maximum atomic E-state index is 13.3. The van der Waals surface area contributed by atoms with Gasteiger partial charge in [-0.15, -0.1) is 0 Å². The van der Waals surface area contributed by atoms with Gasteiger partial charge in [-0.2, -0.15) is 4.98 Å². The molecule has 3 aromatic rings. The molecule has 1 fully saturated rings. The van der Waals surface area contributed by atoms with Crippen molar-refractivity contribution in [1.82, 2.24) is 24.8 Å². The van der Waals surface area contributed by atoms with Crippen molar-refractivity contribution in [1.29, 1.82) is 0 Å². The smallest absolute Gasteiger partial charge is 0.273 e. The van der Waals surface area contributed by atoms with E-state index in [1.54, 1.807) is 6.92 Å². The van der Waals surface area contributed by atoms with Crippen molar-refractivity contribution in [2.45, 2.75) is 33.4 Å². The third-order valence-corrected chi connectivity index (χ3v) is 6.92. The number of hydrogen-bond acceptors (Lipinski definition) is 7. The van der Waals surface area contributed by atoms with Crippen LogP contribution < -0.4 is 9.80 Å². The van der Waals surface area contributed by atoms with Gasteiger partial charge in [0, 0.05) is 57.3 Å². The number of carbonyl (C=O) groups excluding carboxylic acids is 2. The molecule has 4 heterocycles. The van der Waals surface area contributed by atoms with Gasteiger partial charge in [0.05, 0.1) is 24.1 Å². The Bertz CT molecular complexity index is 1270. The van der Waals surface area contributed by atoms with E-state index < -0.39 is 0 Å². The number of amides is 2. The molecule has 0 N–H and O–H groups in total. The van der Waals surface area contributed by atoms with Gasteiger partial charge >= 0.3 is 0 Å². The van der Waals surface area contributed by atoms with Crippen LogP contribution in [0.1, 0.15) is 36.8 Å². The topological polar surface area (TPSA) is 85.8 Å². The fourth-order valence-electron chi connectivity index (χ4n) is 4.70. The van der Waals surface area contributed by atoms with Gasteiger partial charge in [-0.05, 0) is 26.0 Å². The first-order valence-corrected chi connectivity index (χ1v) is 12.3. The summed E-state index contributed by atoms with van der Waals surface area (Å²) in [5.41, 5.74) is 4.11. The van der Waals surface area contributed by atoms with E-state index in [0.29, 0.717) is 50.2 Å². The van der Waals surface area contributed by atoms with Crippen molar-refractivity contribution in [3.63, 3.8) is 0 Å². The van der Waals surface area contributed by atoms with Crippen molar-refractivity contribution in [3.05, 3.63) is 59.9 Å². The molecule has 2 aromatic heterocycles. The number of aromatic nitrogens is 3. The average Bonchev–Trinajstić information content (AvgIpc) is 3.25. The molecule has 0 unspecified atom stereocenters. The van der Waals surface area contributed by atoms with E-state index >= 15 is 0 Å². The van der Waals surface area contributed by atoms with Gasteiger partial charge in [0.2, 0.25) is 11.9 Å². The van der Waals surface area contributed by atoms with Gasteiger partial charge in [-0.1, -0.05) is 30.3 Å². The molecule has 2 amide bonds. The van der Waals surface area contributed by atoms with E-state index in [4.69, 9.17) is 9.97 Å². The molecule has 9 heteroatoms. The first-order chi connectivity index (χ1) is 17.3. The monoisotopic (exact) mass is 485 g/mol. The van der Waals surface area contributed by atoms with Crippen LogP contribution in [0.25, 0.3) is 11.3 Å². The largest absolute Gasteiger partial charge is 0.339 e. The van der Waals surface area contributed by atoms with Gasteiger partial charge in [0.1, 0.15) is 11.5 Å². The van der Waals surface area contributed by atoms with Gasteiger partial charge in [0.25, 0.3) is 5.91 Å². The zero-order valence-electron chi connectivity index (χ0n) is 21.2. The molecule has 0 aliphatic carbocycles. The Labute approximate surface area is 211 Å². The molecule has 2 aliphatic rings. The predicted molar refractivity (Wildman–Crippen MR) is 139 cm³/mol. The lowest BCUT2D eigenvalue weighted by atomic mass is 10.1. The first-order valence-electron chi connectivity index (χ1n) is 12.3. The zero-order chi connectivity index (χ0) is 25.4. The third-order valence-electron chi connectivity index (χ3n) is 6.92. The lowest BCUT2D eigenvalue weighted by molar-refractivity contribution is -0.129. The van der Waals surface area contributed by atoms with Crippen molar-refractivity contribution >= 4 is 29.3 Å². The van der Waals surface area contributed by atoms with E-state index in [1.807, 2.05) is 84.3 Å². The van der Waals surface area contributed by atoms with E-state index in [9.17, 15) is 9.59 Å². The molecule has 0 spiro atoms. The van der Waals surface area contributed by atoms with Crippen LogP contribution in [0.3, 0.4) is 0 Å². The zero-order valence-corrected chi connectivity index (χ0v) is 21.2. The summed E-state index contributed by atoms with van der Waals surface area (Å²) in [5, 5.41) is 0. The van der Waals surface area contributed by atoms with E-state index in [-0.39, 0.29) is 17.9 Å².